The Hall–Kier alpha value is -3.14. The fraction of sp³-hybridized carbons (Fsp3) is 0.143. The SMILES string of the molecule is CC(/C=C/C(O)=C1\C(=O)CN(C)C1=O)=C\c1ccc2ccccc2c1. The smallest absolute Gasteiger partial charge is 0.261 e. The second-order valence-corrected chi connectivity index (χ2v) is 6.17. The maximum atomic E-state index is 11.9. The fourth-order valence-electron chi connectivity index (χ4n) is 2.83. The third-order valence-corrected chi connectivity index (χ3v) is 4.15. The molecule has 3 rings (SSSR count). The number of amides is 1. The van der Waals surface area contributed by atoms with Crippen LogP contribution in [0.15, 0.2) is 71.5 Å². The zero-order valence-electron chi connectivity index (χ0n) is 14.2. The quantitative estimate of drug-likeness (QED) is 0.404. The van der Waals surface area contributed by atoms with Gasteiger partial charge >= 0.3 is 0 Å². The number of hydrogen-bond acceptors (Lipinski definition) is 3. The lowest BCUT2D eigenvalue weighted by Crippen LogP contribution is -2.19. The third-order valence-electron chi connectivity index (χ3n) is 4.15. The van der Waals surface area contributed by atoms with E-state index in [0.717, 1.165) is 16.5 Å². The first-order valence-corrected chi connectivity index (χ1v) is 8.03. The molecule has 25 heavy (non-hydrogen) atoms. The monoisotopic (exact) mass is 333 g/mol. The number of carbonyl (C=O) groups excluding carboxylic acids is 2. The standard InChI is InChI=1S/C21H19NO3/c1-14(7-10-18(23)20-19(24)13-22(2)21(20)25)11-15-8-9-16-5-3-4-6-17(16)12-15/h3-12,23H,13H2,1-2H3/b10-7+,14-11+,20-18-. The van der Waals surface area contributed by atoms with Crippen LogP contribution in [-0.2, 0) is 9.59 Å². The van der Waals surface area contributed by atoms with Gasteiger partial charge in [0.25, 0.3) is 5.91 Å². The van der Waals surface area contributed by atoms with Gasteiger partial charge in [0.05, 0.1) is 6.54 Å². The van der Waals surface area contributed by atoms with E-state index < -0.39 is 5.91 Å². The van der Waals surface area contributed by atoms with Gasteiger partial charge in [0.2, 0.25) is 0 Å². The number of likely N-dealkylation sites (N-methyl/N-ethyl adjacent to an activating group) is 1. The van der Waals surface area contributed by atoms with Crippen LogP contribution < -0.4 is 0 Å². The van der Waals surface area contributed by atoms with Crippen molar-refractivity contribution in [1.29, 1.82) is 0 Å². The van der Waals surface area contributed by atoms with Gasteiger partial charge in [-0.1, -0.05) is 54.1 Å². The van der Waals surface area contributed by atoms with Crippen LogP contribution in [0.5, 0.6) is 0 Å². The first-order chi connectivity index (χ1) is 12.0. The molecule has 0 atom stereocenters. The minimum atomic E-state index is -0.441. The van der Waals surface area contributed by atoms with E-state index in [-0.39, 0.29) is 23.7 Å². The van der Waals surface area contributed by atoms with E-state index in [0.29, 0.717) is 0 Å². The Morgan fingerprint density at radius 1 is 1.08 bits per heavy atom. The molecule has 1 heterocycles. The van der Waals surface area contributed by atoms with Gasteiger partial charge in [0.15, 0.2) is 5.78 Å². The first-order valence-electron chi connectivity index (χ1n) is 8.03. The van der Waals surface area contributed by atoms with Crippen LogP contribution in [0.25, 0.3) is 16.8 Å². The summed E-state index contributed by atoms with van der Waals surface area (Å²) in [6.07, 6.45) is 5.07. The molecular weight excluding hydrogens is 314 g/mol. The molecule has 4 nitrogen and oxygen atoms in total. The second kappa shape index (κ2) is 6.77. The lowest BCUT2D eigenvalue weighted by molar-refractivity contribution is -0.123. The Morgan fingerprint density at radius 2 is 1.80 bits per heavy atom. The van der Waals surface area contributed by atoms with Gasteiger partial charge < -0.3 is 10.0 Å². The molecule has 1 amide bonds. The van der Waals surface area contributed by atoms with Crippen molar-refractivity contribution in [3.63, 3.8) is 0 Å². The highest BCUT2D eigenvalue weighted by molar-refractivity contribution is 6.25. The number of hydrogen-bond donors (Lipinski definition) is 1. The van der Waals surface area contributed by atoms with Gasteiger partial charge in [0, 0.05) is 7.05 Å². The number of likely N-dealkylation sites (tertiary alicyclic amines) is 1. The molecule has 1 fully saturated rings. The van der Waals surface area contributed by atoms with E-state index in [1.54, 1.807) is 6.08 Å². The molecule has 1 N–H and O–H groups in total. The van der Waals surface area contributed by atoms with Crippen molar-refractivity contribution in [2.75, 3.05) is 13.6 Å². The maximum Gasteiger partial charge on any atom is 0.261 e. The van der Waals surface area contributed by atoms with Crippen LogP contribution in [0.4, 0.5) is 0 Å². The number of ketones is 1. The molecule has 1 aliphatic heterocycles. The average Bonchev–Trinajstić information content (AvgIpc) is 2.85. The summed E-state index contributed by atoms with van der Waals surface area (Å²) in [6.45, 7) is 1.91. The van der Waals surface area contributed by atoms with Gasteiger partial charge in [-0.25, -0.2) is 0 Å². The van der Waals surface area contributed by atoms with E-state index in [1.165, 1.54) is 23.4 Å². The molecule has 2 aromatic carbocycles. The lowest BCUT2D eigenvalue weighted by Gasteiger charge is -2.03. The Balaban J connectivity index is 1.84. The molecule has 0 unspecified atom stereocenters. The van der Waals surface area contributed by atoms with Gasteiger partial charge in [-0.2, -0.15) is 0 Å². The topological polar surface area (TPSA) is 57.6 Å². The van der Waals surface area contributed by atoms with E-state index in [2.05, 4.69) is 24.3 Å². The van der Waals surface area contributed by atoms with E-state index in [9.17, 15) is 14.7 Å². The number of aliphatic hydroxyl groups is 1. The number of fused-ring (bicyclic) bond motifs is 1. The zero-order valence-corrected chi connectivity index (χ0v) is 14.2. The summed E-state index contributed by atoms with van der Waals surface area (Å²) in [5.41, 5.74) is 1.80. The van der Waals surface area contributed by atoms with Crippen molar-refractivity contribution < 1.29 is 14.7 Å². The number of nitrogens with zero attached hydrogens (tertiary/aromatic N) is 1. The molecule has 0 radical (unpaired) electrons. The molecule has 1 aliphatic rings. The number of allylic oxidation sites excluding steroid dienone is 3. The van der Waals surface area contributed by atoms with Gasteiger partial charge in [-0.3, -0.25) is 9.59 Å². The number of Topliss-reactive ketones (excluding diaryl/α,β-unsaturated/α-hetero) is 1. The van der Waals surface area contributed by atoms with Crippen molar-refractivity contribution in [2.45, 2.75) is 6.92 Å². The summed E-state index contributed by atoms with van der Waals surface area (Å²) in [5.74, 6) is -1.08. The van der Waals surface area contributed by atoms with Gasteiger partial charge in [-0.15, -0.1) is 0 Å². The zero-order chi connectivity index (χ0) is 18.0. The van der Waals surface area contributed by atoms with Crippen molar-refractivity contribution in [3.05, 3.63) is 77.1 Å². The molecule has 126 valence electrons. The van der Waals surface area contributed by atoms with E-state index >= 15 is 0 Å². The highest BCUT2D eigenvalue weighted by Gasteiger charge is 2.33. The molecule has 0 saturated carbocycles. The van der Waals surface area contributed by atoms with Crippen molar-refractivity contribution in [2.24, 2.45) is 0 Å². The molecule has 4 heteroatoms. The third kappa shape index (κ3) is 3.53. The van der Waals surface area contributed by atoms with E-state index in [1.807, 2.05) is 31.2 Å². The second-order valence-electron chi connectivity index (χ2n) is 6.17. The van der Waals surface area contributed by atoms with Gasteiger partial charge in [-0.05, 0) is 35.4 Å². The molecular formula is C21H19NO3. The van der Waals surface area contributed by atoms with Crippen molar-refractivity contribution in [1.82, 2.24) is 4.90 Å². The largest absolute Gasteiger partial charge is 0.507 e. The summed E-state index contributed by atoms with van der Waals surface area (Å²) in [5, 5.41) is 12.4. The van der Waals surface area contributed by atoms with E-state index in [4.69, 9.17) is 0 Å². The van der Waals surface area contributed by atoms with Gasteiger partial charge in [0.1, 0.15) is 11.3 Å². The minimum absolute atomic E-state index is 0.0119. The Bertz CT molecular complexity index is 951. The summed E-state index contributed by atoms with van der Waals surface area (Å²) in [6, 6.07) is 14.3. The number of rotatable bonds is 3. The van der Waals surface area contributed by atoms with Crippen LogP contribution in [0, 0.1) is 0 Å². The fourth-order valence-corrected chi connectivity index (χ4v) is 2.83. The summed E-state index contributed by atoms with van der Waals surface area (Å²) < 4.78 is 0. The highest BCUT2D eigenvalue weighted by Crippen LogP contribution is 2.19. The number of benzene rings is 2. The molecule has 2 aromatic rings. The molecule has 0 aliphatic carbocycles. The predicted octanol–water partition coefficient (Wildman–Crippen LogP) is 3.65. The van der Waals surface area contributed by atoms with Crippen molar-refractivity contribution >= 4 is 28.5 Å². The first kappa shape index (κ1) is 16.7. The molecule has 0 bridgehead atoms. The molecule has 1 saturated heterocycles. The highest BCUT2D eigenvalue weighted by atomic mass is 16.3. The Morgan fingerprint density at radius 3 is 2.48 bits per heavy atom. The van der Waals surface area contributed by atoms with Crippen LogP contribution in [0.3, 0.4) is 0 Å². The summed E-state index contributed by atoms with van der Waals surface area (Å²) in [7, 11) is 1.54. The summed E-state index contributed by atoms with van der Waals surface area (Å²) in [4.78, 5) is 24.9. The molecule has 0 aromatic heterocycles. The summed E-state index contributed by atoms with van der Waals surface area (Å²) >= 11 is 0. The Kier molecular flexibility index (Phi) is 4.52. The predicted molar refractivity (Wildman–Crippen MR) is 99.0 cm³/mol. The Labute approximate surface area is 146 Å². The van der Waals surface area contributed by atoms with Crippen molar-refractivity contribution in [3.8, 4) is 0 Å². The van der Waals surface area contributed by atoms with Crippen LogP contribution in [-0.4, -0.2) is 35.3 Å². The number of aliphatic hydroxyl groups excluding tert-OH is 1. The average molecular weight is 333 g/mol. The van der Waals surface area contributed by atoms with Crippen LogP contribution in [0.1, 0.15) is 12.5 Å². The van der Waals surface area contributed by atoms with Crippen LogP contribution in [0.2, 0.25) is 0 Å². The lowest BCUT2D eigenvalue weighted by atomic mass is 10.0. The molecule has 0 spiro atoms. The van der Waals surface area contributed by atoms with Crippen LogP contribution >= 0.6 is 0 Å². The number of carbonyl (C=O) groups is 2. The minimum Gasteiger partial charge on any atom is -0.507 e. The maximum absolute atomic E-state index is 11.9. The normalized spacial score (nSPS) is 17.8.